The zero-order valence-corrected chi connectivity index (χ0v) is 30.6. The molecule has 2 heterocycles. The smallest absolute Gasteiger partial charge is 0.136 e. The standard InChI is InChI=1S/C54H35NO/c1-5-16-36(17-6-1)41-31-50(37-18-7-2-8-19-37)55-51(32-41)40-21-15-20-38(30-40)39-28-29-45-47-34-46-44-26-13-14-27-48(44)54(42-22-9-3-10-23-42,43-24-11-4-12-25-43)49(46)35-53(47)56-52(45)33-39/h1-35H. The van der Waals surface area contributed by atoms with Gasteiger partial charge in [-0.3, -0.25) is 0 Å². The molecule has 0 radical (unpaired) electrons. The van der Waals surface area contributed by atoms with E-state index in [9.17, 15) is 0 Å². The van der Waals surface area contributed by atoms with E-state index in [-0.39, 0.29) is 0 Å². The molecule has 0 N–H and O–H groups in total. The number of aromatic nitrogens is 1. The topological polar surface area (TPSA) is 26.0 Å². The molecule has 0 saturated carbocycles. The van der Waals surface area contributed by atoms with E-state index in [2.05, 4.69) is 206 Å². The number of benzene rings is 8. The number of hydrogen-bond acceptors (Lipinski definition) is 2. The average Bonchev–Trinajstić information content (AvgIpc) is 3.79. The fourth-order valence-corrected chi connectivity index (χ4v) is 8.98. The fourth-order valence-electron chi connectivity index (χ4n) is 8.98. The molecule has 262 valence electrons. The average molecular weight is 714 g/mol. The van der Waals surface area contributed by atoms with Gasteiger partial charge in [0.2, 0.25) is 0 Å². The highest BCUT2D eigenvalue weighted by Crippen LogP contribution is 2.57. The van der Waals surface area contributed by atoms with Gasteiger partial charge < -0.3 is 4.42 Å². The van der Waals surface area contributed by atoms with E-state index in [0.29, 0.717) is 0 Å². The van der Waals surface area contributed by atoms with Gasteiger partial charge in [-0.1, -0.05) is 170 Å². The highest BCUT2D eigenvalue weighted by atomic mass is 16.3. The van der Waals surface area contributed by atoms with Crippen molar-refractivity contribution in [3.05, 3.63) is 235 Å². The van der Waals surface area contributed by atoms with Gasteiger partial charge in [0.15, 0.2) is 0 Å². The molecule has 2 heteroatoms. The minimum absolute atomic E-state index is 0.473. The van der Waals surface area contributed by atoms with Crippen LogP contribution in [0.25, 0.3) is 77.8 Å². The summed E-state index contributed by atoms with van der Waals surface area (Å²) in [7, 11) is 0. The van der Waals surface area contributed by atoms with Crippen LogP contribution in [0.5, 0.6) is 0 Å². The Morgan fingerprint density at radius 1 is 0.321 bits per heavy atom. The van der Waals surface area contributed by atoms with Crippen LogP contribution >= 0.6 is 0 Å². The van der Waals surface area contributed by atoms with E-state index < -0.39 is 5.41 Å². The molecule has 10 aromatic rings. The van der Waals surface area contributed by atoms with Gasteiger partial charge in [0, 0.05) is 21.9 Å². The lowest BCUT2D eigenvalue weighted by Crippen LogP contribution is -2.28. The summed E-state index contributed by atoms with van der Waals surface area (Å²) < 4.78 is 6.84. The molecule has 1 aliphatic carbocycles. The molecule has 2 nitrogen and oxygen atoms in total. The molecule has 56 heavy (non-hydrogen) atoms. The molecule has 0 spiro atoms. The molecule has 0 unspecified atom stereocenters. The predicted octanol–water partition coefficient (Wildman–Crippen LogP) is 14.0. The SMILES string of the molecule is c1ccc(-c2cc(-c3ccccc3)nc(-c3cccc(-c4ccc5c(c4)oc4cc6c(cc45)-c4ccccc4C6(c4ccccc4)c4ccccc4)c3)c2)cc1. The Hall–Kier alpha value is -7.29. The molecule has 0 amide bonds. The van der Waals surface area contributed by atoms with Gasteiger partial charge in [0.25, 0.3) is 0 Å². The van der Waals surface area contributed by atoms with Gasteiger partial charge in [-0.25, -0.2) is 4.98 Å². The molecular formula is C54H35NO. The number of pyridine rings is 1. The molecule has 8 aromatic carbocycles. The summed E-state index contributed by atoms with van der Waals surface area (Å²) in [4.78, 5) is 5.20. The Morgan fingerprint density at radius 2 is 0.875 bits per heavy atom. The van der Waals surface area contributed by atoms with Crippen molar-refractivity contribution in [3.63, 3.8) is 0 Å². The van der Waals surface area contributed by atoms with Crippen molar-refractivity contribution in [3.8, 4) is 55.9 Å². The van der Waals surface area contributed by atoms with Crippen molar-refractivity contribution >= 4 is 21.9 Å². The molecule has 0 fully saturated rings. The van der Waals surface area contributed by atoms with Crippen LogP contribution in [0.3, 0.4) is 0 Å². The zero-order valence-electron chi connectivity index (χ0n) is 30.6. The maximum atomic E-state index is 6.84. The first-order chi connectivity index (χ1) is 27.7. The quantitative estimate of drug-likeness (QED) is 0.171. The van der Waals surface area contributed by atoms with Crippen LogP contribution in [0.4, 0.5) is 0 Å². The minimum atomic E-state index is -0.473. The van der Waals surface area contributed by atoms with Gasteiger partial charge in [-0.2, -0.15) is 0 Å². The Balaban J connectivity index is 1.05. The van der Waals surface area contributed by atoms with Crippen LogP contribution in [0.15, 0.2) is 217 Å². The molecule has 0 atom stereocenters. The molecule has 1 aliphatic rings. The maximum absolute atomic E-state index is 6.84. The lowest BCUT2D eigenvalue weighted by molar-refractivity contribution is 0.666. The second kappa shape index (κ2) is 12.9. The number of hydrogen-bond donors (Lipinski definition) is 0. The molecular weight excluding hydrogens is 679 g/mol. The largest absolute Gasteiger partial charge is 0.456 e. The second-order valence-electron chi connectivity index (χ2n) is 14.7. The van der Waals surface area contributed by atoms with Crippen LogP contribution in [-0.4, -0.2) is 4.98 Å². The number of rotatable bonds is 6. The predicted molar refractivity (Wildman–Crippen MR) is 231 cm³/mol. The van der Waals surface area contributed by atoms with Crippen LogP contribution in [-0.2, 0) is 5.41 Å². The van der Waals surface area contributed by atoms with Gasteiger partial charge >= 0.3 is 0 Å². The van der Waals surface area contributed by atoms with E-state index in [0.717, 1.165) is 61.1 Å². The van der Waals surface area contributed by atoms with Crippen molar-refractivity contribution in [2.75, 3.05) is 0 Å². The van der Waals surface area contributed by atoms with Crippen LogP contribution in [0, 0.1) is 0 Å². The summed E-state index contributed by atoms with van der Waals surface area (Å²) in [6.07, 6.45) is 0. The highest BCUT2D eigenvalue weighted by molar-refractivity contribution is 6.09. The van der Waals surface area contributed by atoms with E-state index >= 15 is 0 Å². The lowest BCUT2D eigenvalue weighted by atomic mass is 9.67. The summed E-state index contributed by atoms with van der Waals surface area (Å²) in [6.45, 7) is 0. The second-order valence-corrected chi connectivity index (χ2v) is 14.7. The maximum Gasteiger partial charge on any atom is 0.136 e. The van der Waals surface area contributed by atoms with Crippen LogP contribution in [0.1, 0.15) is 22.3 Å². The third kappa shape index (κ3) is 5.07. The molecule has 0 saturated heterocycles. The Bertz CT molecular complexity index is 2960. The van der Waals surface area contributed by atoms with Gasteiger partial charge in [-0.15, -0.1) is 0 Å². The Labute approximate surface area is 326 Å². The van der Waals surface area contributed by atoms with Crippen LogP contribution < -0.4 is 0 Å². The van der Waals surface area contributed by atoms with Crippen LogP contribution in [0.2, 0.25) is 0 Å². The lowest BCUT2D eigenvalue weighted by Gasteiger charge is -2.33. The van der Waals surface area contributed by atoms with E-state index in [4.69, 9.17) is 9.40 Å². The molecule has 0 aliphatic heterocycles. The Kier molecular flexibility index (Phi) is 7.43. The van der Waals surface area contributed by atoms with Crippen molar-refractivity contribution in [1.29, 1.82) is 0 Å². The summed E-state index contributed by atoms with van der Waals surface area (Å²) in [5, 5.41) is 2.24. The zero-order chi connectivity index (χ0) is 37.1. The molecule has 2 aromatic heterocycles. The van der Waals surface area contributed by atoms with E-state index in [1.807, 2.05) is 6.07 Å². The summed E-state index contributed by atoms with van der Waals surface area (Å²) >= 11 is 0. The van der Waals surface area contributed by atoms with Crippen molar-refractivity contribution in [2.24, 2.45) is 0 Å². The summed E-state index contributed by atoms with van der Waals surface area (Å²) in [5.74, 6) is 0. The van der Waals surface area contributed by atoms with E-state index in [1.54, 1.807) is 0 Å². The third-order valence-corrected chi connectivity index (χ3v) is 11.5. The van der Waals surface area contributed by atoms with Gasteiger partial charge in [0.1, 0.15) is 11.2 Å². The first kappa shape index (κ1) is 32.2. The summed E-state index contributed by atoms with van der Waals surface area (Å²) in [5.41, 5.74) is 17.4. The Morgan fingerprint density at radius 3 is 1.59 bits per heavy atom. The molecule has 11 rings (SSSR count). The fraction of sp³-hybridized carbons (Fsp3) is 0.0185. The first-order valence-electron chi connectivity index (χ1n) is 19.2. The van der Waals surface area contributed by atoms with E-state index in [1.165, 1.54) is 38.9 Å². The number of fused-ring (bicyclic) bond motifs is 6. The van der Waals surface area contributed by atoms with Crippen molar-refractivity contribution < 1.29 is 4.42 Å². The summed E-state index contributed by atoms with van der Waals surface area (Å²) in [6, 6.07) is 76.1. The highest BCUT2D eigenvalue weighted by Gasteiger charge is 2.46. The number of furan rings is 1. The first-order valence-corrected chi connectivity index (χ1v) is 19.2. The van der Waals surface area contributed by atoms with Crippen molar-refractivity contribution in [2.45, 2.75) is 5.41 Å². The molecule has 0 bridgehead atoms. The normalized spacial score (nSPS) is 12.8. The van der Waals surface area contributed by atoms with Gasteiger partial charge in [-0.05, 0) is 98.1 Å². The minimum Gasteiger partial charge on any atom is -0.456 e. The third-order valence-electron chi connectivity index (χ3n) is 11.5. The van der Waals surface area contributed by atoms with Gasteiger partial charge in [0.05, 0.1) is 16.8 Å². The van der Waals surface area contributed by atoms with Crippen molar-refractivity contribution in [1.82, 2.24) is 4.98 Å². The number of nitrogens with zero attached hydrogens (tertiary/aromatic N) is 1. The monoisotopic (exact) mass is 713 g/mol.